The Morgan fingerprint density at radius 2 is 1.57 bits per heavy atom. The smallest absolute Gasteiger partial charge is 0.326 e. The van der Waals surface area contributed by atoms with E-state index in [1.54, 1.807) is 25.6 Å². The maximum absolute atomic E-state index is 14.2. The van der Waals surface area contributed by atoms with Crippen LogP contribution in [0, 0.1) is 11.8 Å². The third kappa shape index (κ3) is 11.4. The minimum atomic E-state index is -1.12. The van der Waals surface area contributed by atoms with Crippen molar-refractivity contribution >= 4 is 47.3 Å². The Hall–Kier alpha value is -3.69. The van der Waals surface area contributed by atoms with E-state index in [-0.39, 0.29) is 25.4 Å². The number of hydrogen-bond acceptors (Lipinski definition) is 9. The molecule has 14 nitrogen and oxygen atoms in total. The summed E-state index contributed by atoms with van der Waals surface area (Å²) in [5.41, 5.74) is 6.85. The van der Waals surface area contributed by atoms with E-state index in [0.717, 1.165) is 5.56 Å². The molecule has 1 aromatic rings. The minimum Gasteiger partial charge on any atom is -0.480 e. The van der Waals surface area contributed by atoms with Crippen LogP contribution in [-0.4, -0.2) is 125 Å². The molecular weight excluding hydrogens is 676 g/mol. The summed E-state index contributed by atoms with van der Waals surface area (Å²) in [6, 6.07) is 3.15. The van der Waals surface area contributed by atoms with Gasteiger partial charge in [0.25, 0.3) is 0 Å². The number of likely N-dealkylation sites (tertiary alicyclic amines) is 2. The molecule has 5 amide bonds. The van der Waals surface area contributed by atoms with Gasteiger partial charge in [-0.25, -0.2) is 4.79 Å². The number of aliphatic carboxylic acids is 1. The number of benzene rings is 1. The summed E-state index contributed by atoms with van der Waals surface area (Å²) in [6.07, 6.45) is 3.35. The van der Waals surface area contributed by atoms with Crippen LogP contribution in [0.4, 0.5) is 0 Å². The molecule has 0 spiro atoms. The Morgan fingerprint density at radius 3 is 2.16 bits per heavy atom. The highest BCUT2D eigenvalue weighted by Crippen LogP contribution is 2.28. The Morgan fingerprint density at radius 1 is 0.922 bits per heavy atom. The van der Waals surface area contributed by atoms with Crippen molar-refractivity contribution in [2.45, 2.75) is 109 Å². The summed E-state index contributed by atoms with van der Waals surface area (Å²) >= 11 is 1.56. The second-order valence-corrected chi connectivity index (χ2v) is 15.1. The van der Waals surface area contributed by atoms with Gasteiger partial charge >= 0.3 is 5.97 Å². The fourth-order valence-electron chi connectivity index (χ4n) is 6.64. The Balaban J connectivity index is 1.86. The largest absolute Gasteiger partial charge is 0.480 e. The summed E-state index contributed by atoms with van der Waals surface area (Å²) in [6.45, 7) is 7.82. The number of thioether (sulfide) groups is 1. The number of methoxy groups -OCH3 is 1. The van der Waals surface area contributed by atoms with E-state index >= 15 is 0 Å². The molecule has 1 unspecified atom stereocenters. The lowest BCUT2D eigenvalue weighted by molar-refractivity contribution is -0.154. The molecule has 0 bridgehead atoms. The van der Waals surface area contributed by atoms with Crippen LogP contribution in [0.5, 0.6) is 0 Å². The third-order valence-corrected chi connectivity index (χ3v) is 10.1. The van der Waals surface area contributed by atoms with Crippen molar-refractivity contribution in [2.75, 3.05) is 32.2 Å². The van der Waals surface area contributed by atoms with Crippen LogP contribution in [-0.2, 0) is 39.9 Å². The maximum atomic E-state index is 14.2. The average Bonchev–Trinajstić information content (AvgIpc) is 3.76. The first-order chi connectivity index (χ1) is 24.2. The first-order valence-corrected chi connectivity index (χ1v) is 19.2. The summed E-state index contributed by atoms with van der Waals surface area (Å²) < 4.78 is 5.60. The molecule has 2 heterocycles. The zero-order valence-electron chi connectivity index (χ0n) is 30.6. The predicted molar refractivity (Wildman–Crippen MR) is 194 cm³/mol. The fourth-order valence-corrected chi connectivity index (χ4v) is 7.13. The third-order valence-electron chi connectivity index (χ3n) is 9.46. The van der Waals surface area contributed by atoms with Gasteiger partial charge in [-0.3, -0.25) is 24.0 Å². The van der Waals surface area contributed by atoms with Crippen LogP contribution >= 0.6 is 11.8 Å². The van der Waals surface area contributed by atoms with E-state index in [4.69, 9.17) is 10.5 Å². The van der Waals surface area contributed by atoms with E-state index in [1.165, 1.54) is 16.9 Å². The highest BCUT2D eigenvalue weighted by molar-refractivity contribution is 7.98. The molecule has 51 heavy (non-hydrogen) atoms. The van der Waals surface area contributed by atoms with Gasteiger partial charge in [0.15, 0.2) is 0 Å². The predicted octanol–water partition coefficient (Wildman–Crippen LogP) is 1.16. The number of carbonyl (C=O) groups is 6. The van der Waals surface area contributed by atoms with Gasteiger partial charge in [0.2, 0.25) is 29.5 Å². The van der Waals surface area contributed by atoms with Gasteiger partial charge in [0, 0.05) is 26.6 Å². The SMILES string of the molecule is COC1CCN(C(=O)[C@@H](NC(=O)[C@H](Cc2ccccc2)NC(=O)[C@H](CC(C)C)NC(=O)[C@@H](N)CCSC)C(C)C)[C@@H]1C(=O)N1CCC[C@H]1C(=O)O. The normalized spacial score (nSPS) is 21.2. The number of hydrogen-bond donors (Lipinski definition) is 5. The number of carboxylic acids is 1. The van der Waals surface area contributed by atoms with Crippen LogP contribution < -0.4 is 21.7 Å². The molecule has 0 radical (unpaired) electrons. The zero-order chi connectivity index (χ0) is 37.8. The number of carbonyl (C=O) groups excluding carboxylic acids is 5. The second-order valence-electron chi connectivity index (χ2n) is 14.1. The quantitative estimate of drug-likeness (QED) is 0.146. The topological polar surface area (TPSA) is 200 Å². The second kappa shape index (κ2) is 19.8. The van der Waals surface area contributed by atoms with Crippen molar-refractivity contribution < 1.29 is 38.6 Å². The summed E-state index contributed by atoms with van der Waals surface area (Å²) in [5, 5.41) is 18.2. The van der Waals surface area contributed by atoms with Crippen molar-refractivity contribution in [1.29, 1.82) is 0 Å². The Kier molecular flexibility index (Phi) is 16.2. The molecule has 284 valence electrons. The number of carboxylic acid groups (broad SMARTS) is 1. The van der Waals surface area contributed by atoms with E-state index < -0.39 is 83.8 Å². The van der Waals surface area contributed by atoms with Crippen LogP contribution in [0.25, 0.3) is 0 Å². The monoisotopic (exact) mass is 732 g/mol. The van der Waals surface area contributed by atoms with Gasteiger partial charge in [0.05, 0.1) is 12.1 Å². The van der Waals surface area contributed by atoms with Crippen molar-refractivity contribution in [3.05, 3.63) is 35.9 Å². The molecule has 6 N–H and O–H groups in total. The molecule has 2 aliphatic heterocycles. The van der Waals surface area contributed by atoms with E-state index in [9.17, 15) is 33.9 Å². The number of ether oxygens (including phenoxy) is 1. The molecule has 0 aliphatic carbocycles. The number of nitrogens with two attached hydrogens (primary N) is 1. The van der Waals surface area contributed by atoms with Crippen LogP contribution in [0.1, 0.15) is 65.4 Å². The number of amides is 5. The minimum absolute atomic E-state index is 0.0335. The average molecular weight is 733 g/mol. The zero-order valence-corrected chi connectivity index (χ0v) is 31.4. The maximum Gasteiger partial charge on any atom is 0.326 e. The lowest BCUT2D eigenvalue weighted by Gasteiger charge is -2.35. The molecule has 0 saturated carbocycles. The molecule has 3 rings (SSSR count). The van der Waals surface area contributed by atoms with Crippen molar-refractivity contribution in [3.63, 3.8) is 0 Å². The number of rotatable bonds is 18. The summed E-state index contributed by atoms with van der Waals surface area (Å²) in [7, 11) is 1.45. The van der Waals surface area contributed by atoms with Gasteiger partial charge < -0.3 is 41.3 Å². The first kappa shape index (κ1) is 41.7. The fraction of sp³-hybridized carbons (Fsp3) is 0.667. The van der Waals surface area contributed by atoms with Gasteiger partial charge in [-0.2, -0.15) is 11.8 Å². The lowest BCUT2D eigenvalue weighted by atomic mass is 9.98. The Bertz CT molecular complexity index is 1360. The van der Waals surface area contributed by atoms with E-state index in [0.29, 0.717) is 37.9 Å². The molecule has 2 fully saturated rings. The number of nitrogens with zero attached hydrogens (tertiary/aromatic N) is 2. The standard InChI is InChI=1S/C36H56N6O8S/c1-21(2)19-25(38-31(43)24(37)15-18-51-6)32(44)39-26(20-23-11-8-7-9-12-23)33(45)40-29(22(3)4)34(46)42-17-14-28(50-5)30(42)35(47)41-16-10-13-27(41)36(48)49/h7-9,11-12,21-22,24-30H,10,13-20,37H2,1-6H3,(H,38,43)(H,39,44)(H,40,45)(H,48,49)/t24-,25-,26-,27-,28?,29-,30-/m0/s1. The molecule has 2 saturated heterocycles. The van der Waals surface area contributed by atoms with Crippen molar-refractivity contribution in [3.8, 4) is 0 Å². The highest BCUT2D eigenvalue weighted by Gasteiger charge is 2.49. The van der Waals surface area contributed by atoms with E-state index in [1.807, 2.05) is 50.4 Å². The van der Waals surface area contributed by atoms with Gasteiger partial charge in [-0.05, 0) is 61.5 Å². The summed E-state index contributed by atoms with van der Waals surface area (Å²) in [4.78, 5) is 83.5. The van der Waals surface area contributed by atoms with Crippen LogP contribution in [0.15, 0.2) is 30.3 Å². The number of nitrogens with one attached hydrogen (secondary N) is 3. The Labute approximate surface area is 305 Å². The molecule has 2 aliphatic rings. The molecular formula is C36H56N6O8S. The van der Waals surface area contributed by atoms with Gasteiger partial charge in [-0.1, -0.05) is 58.0 Å². The van der Waals surface area contributed by atoms with Crippen molar-refractivity contribution in [2.24, 2.45) is 17.6 Å². The molecule has 1 aromatic carbocycles. The molecule has 15 heteroatoms. The van der Waals surface area contributed by atoms with Gasteiger partial charge in [-0.15, -0.1) is 0 Å². The lowest BCUT2D eigenvalue weighted by Crippen LogP contribution is -2.61. The van der Waals surface area contributed by atoms with Crippen molar-refractivity contribution in [1.82, 2.24) is 25.8 Å². The van der Waals surface area contributed by atoms with Gasteiger partial charge in [0.1, 0.15) is 30.2 Å². The van der Waals surface area contributed by atoms with Crippen LogP contribution in [0.2, 0.25) is 0 Å². The molecule has 7 atom stereocenters. The highest BCUT2D eigenvalue weighted by atomic mass is 32.2. The molecule has 0 aromatic heterocycles. The summed E-state index contributed by atoms with van der Waals surface area (Å²) in [5.74, 6) is -3.41. The van der Waals surface area contributed by atoms with Crippen LogP contribution in [0.3, 0.4) is 0 Å². The first-order valence-electron chi connectivity index (χ1n) is 17.8. The van der Waals surface area contributed by atoms with E-state index in [2.05, 4.69) is 16.0 Å².